The number of hydrogen-bond donors (Lipinski definition) is 0. The van der Waals surface area contributed by atoms with Gasteiger partial charge in [-0.05, 0) is 25.0 Å². The molecule has 2 rings (SSSR count). The van der Waals surface area contributed by atoms with Crippen LogP contribution in [-0.2, 0) is 0 Å². The first kappa shape index (κ1) is 10.0. The number of nitrogens with zero attached hydrogens (tertiary/aromatic N) is 1. The summed E-state index contributed by atoms with van der Waals surface area (Å²) in [6.45, 7) is 0. The van der Waals surface area contributed by atoms with Crippen molar-refractivity contribution < 1.29 is 9.53 Å². The van der Waals surface area contributed by atoms with E-state index in [-0.39, 0.29) is 5.91 Å². The van der Waals surface area contributed by atoms with Gasteiger partial charge in [0.1, 0.15) is 5.75 Å². The third kappa shape index (κ3) is 1.96. The summed E-state index contributed by atoms with van der Waals surface area (Å²) in [6, 6.07) is 7.78. The van der Waals surface area contributed by atoms with Crippen molar-refractivity contribution >= 4 is 5.91 Å². The topological polar surface area (TPSA) is 29.5 Å². The third-order valence-electron chi connectivity index (χ3n) is 2.75. The highest BCUT2D eigenvalue weighted by molar-refractivity contribution is 5.97. The third-order valence-corrected chi connectivity index (χ3v) is 2.75. The van der Waals surface area contributed by atoms with E-state index < -0.39 is 0 Å². The minimum Gasteiger partial charge on any atom is -0.496 e. The molecule has 0 radical (unpaired) electrons. The zero-order valence-corrected chi connectivity index (χ0v) is 9.06. The lowest BCUT2D eigenvalue weighted by atomic mass is 10.2. The second kappa shape index (κ2) is 3.93. The van der Waals surface area contributed by atoms with E-state index in [1.807, 2.05) is 25.2 Å². The van der Waals surface area contributed by atoms with Gasteiger partial charge in [-0.1, -0.05) is 12.1 Å². The molecule has 0 saturated heterocycles. The Morgan fingerprint density at radius 1 is 1.40 bits per heavy atom. The number of rotatable bonds is 3. The van der Waals surface area contributed by atoms with Gasteiger partial charge in [0.25, 0.3) is 5.91 Å². The summed E-state index contributed by atoms with van der Waals surface area (Å²) in [4.78, 5) is 13.9. The number of methoxy groups -OCH3 is 1. The van der Waals surface area contributed by atoms with Crippen molar-refractivity contribution in [2.45, 2.75) is 18.9 Å². The Hall–Kier alpha value is -1.51. The summed E-state index contributed by atoms with van der Waals surface area (Å²) < 4.78 is 5.17. The molecule has 3 nitrogen and oxygen atoms in total. The van der Waals surface area contributed by atoms with Crippen LogP contribution in [0, 0.1) is 0 Å². The van der Waals surface area contributed by atoms with Gasteiger partial charge in [0, 0.05) is 13.1 Å². The number of amides is 1. The Labute approximate surface area is 89.7 Å². The van der Waals surface area contributed by atoms with Crippen molar-refractivity contribution in [3.63, 3.8) is 0 Å². The number of carbonyl (C=O) groups excluding carboxylic acids is 1. The monoisotopic (exact) mass is 205 g/mol. The van der Waals surface area contributed by atoms with Crippen LogP contribution in [0.1, 0.15) is 23.2 Å². The van der Waals surface area contributed by atoms with E-state index in [0.717, 1.165) is 12.8 Å². The van der Waals surface area contributed by atoms with Crippen LogP contribution in [0.25, 0.3) is 0 Å². The van der Waals surface area contributed by atoms with Gasteiger partial charge in [-0.3, -0.25) is 4.79 Å². The number of benzene rings is 1. The first-order chi connectivity index (χ1) is 7.24. The molecule has 1 amide bonds. The van der Waals surface area contributed by atoms with Gasteiger partial charge >= 0.3 is 0 Å². The maximum absolute atomic E-state index is 12.1. The molecular weight excluding hydrogens is 190 g/mol. The van der Waals surface area contributed by atoms with Gasteiger partial charge in [0.2, 0.25) is 0 Å². The molecular formula is C12H15NO2. The van der Waals surface area contributed by atoms with Crippen LogP contribution in [-0.4, -0.2) is 31.0 Å². The van der Waals surface area contributed by atoms with E-state index in [4.69, 9.17) is 4.74 Å². The van der Waals surface area contributed by atoms with Gasteiger partial charge in [0.15, 0.2) is 0 Å². The molecule has 0 aliphatic heterocycles. The van der Waals surface area contributed by atoms with Crippen LogP contribution in [0.15, 0.2) is 24.3 Å². The second-order valence-corrected chi connectivity index (χ2v) is 3.85. The summed E-state index contributed by atoms with van der Waals surface area (Å²) in [5.41, 5.74) is 0.648. The average Bonchev–Trinajstić information content (AvgIpc) is 3.11. The van der Waals surface area contributed by atoms with Gasteiger partial charge in [-0.15, -0.1) is 0 Å². The van der Waals surface area contributed by atoms with Gasteiger partial charge < -0.3 is 9.64 Å². The summed E-state index contributed by atoms with van der Waals surface area (Å²) in [5, 5.41) is 0. The average molecular weight is 205 g/mol. The van der Waals surface area contributed by atoms with Crippen molar-refractivity contribution in [2.24, 2.45) is 0 Å². The lowest BCUT2D eigenvalue weighted by molar-refractivity contribution is 0.0781. The van der Waals surface area contributed by atoms with Crippen LogP contribution in [0.2, 0.25) is 0 Å². The highest BCUT2D eigenvalue weighted by Gasteiger charge is 2.30. The molecule has 0 aromatic heterocycles. The molecule has 0 N–H and O–H groups in total. The minimum atomic E-state index is 0.0509. The largest absolute Gasteiger partial charge is 0.496 e. The summed E-state index contributed by atoms with van der Waals surface area (Å²) in [7, 11) is 3.44. The summed E-state index contributed by atoms with van der Waals surface area (Å²) >= 11 is 0. The smallest absolute Gasteiger partial charge is 0.257 e. The number of ether oxygens (including phenoxy) is 1. The summed E-state index contributed by atoms with van der Waals surface area (Å²) in [6.07, 6.45) is 2.24. The molecule has 1 aromatic carbocycles. The van der Waals surface area contributed by atoms with Crippen molar-refractivity contribution in [3.05, 3.63) is 29.8 Å². The molecule has 0 spiro atoms. The molecule has 1 aromatic rings. The molecule has 3 heteroatoms. The molecule has 80 valence electrons. The molecule has 1 fully saturated rings. The fraction of sp³-hybridized carbons (Fsp3) is 0.417. The Kier molecular flexibility index (Phi) is 2.62. The van der Waals surface area contributed by atoms with Crippen LogP contribution in [0.4, 0.5) is 0 Å². The summed E-state index contributed by atoms with van der Waals surface area (Å²) in [5.74, 6) is 0.699. The van der Waals surface area contributed by atoms with Crippen LogP contribution < -0.4 is 4.74 Å². The standard InChI is InChI=1S/C12H15NO2/c1-13(9-7-8-9)12(14)10-5-3-4-6-11(10)15-2/h3-6,9H,7-8H2,1-2H3. The van der Waals surface area contributed by atoms with E-state index in [2.05, 4.69) is 0 Å². The van der Waals surface area contributed by atoms with Crippen LogP contribution >= 0.6 is 0 Å². The molecule has 1 aliphatic rings. The Morgan fingerprint density at radius 2 is 2.07 bits per heavy atom. The van der Waals surface area contributed by atoms with Crippen LogP contribution in [0.5, 0.6) is 5.75 Å². The van der Waals surface area contributed by atoms with Gasteiger partial charge in [0.05, 0.1) is 12.7 Å². The zero-order chi connectivity index (χ0) is 10.8. The molecule has 0 unspecified atom stereocenters. The first-order valence-electron chi connectivity index (χ1n) is 5.14. The predicted octanol–water partition coefficient (Wildman–Crippen LogP) is 1.93. The van der Waals surface area contributed by atoms with Crippen LogP contribution in [0.3, 0.4) is 0 Å². The minimum absolute atomic E-state index is 0.0509. The Bertz CT molecular complexity index is 372. The van der Waals surface area contributed by atoms with E-state index in [0.29, 0.717) is 17.4 Å². The number of hydrogen-bond acceptors (Lipinski definition) is 2. The Morgan fingerprint density at radius 3 is 2.67 bits per heavy atom. The second-order valence-electron chi connectivity index (χ2n) is 3.85. The maximum Gasteiger partial charge on any atom is 0.257 e. The molecule has 0 atom stereocenters. The lowest BCUT2D eigenvalue weighted by Gasteiger charge is -2.17. The fourth-order valence-electron chi connectivity index (χ4n) is 1.64. The van der Waals surface area contributed by atoms with E-state index in [1.165, 1.54) is 0 Å². The number of para-hydroxylation sites is 1. The molecule has 1 aliphatic carbocycles. The molecule has 1 saturated carbocycles. The Balaban J connectivity index is 2.23. The quantitative estimate of drug-likeness (QED) is 0.754. The van der Waals surface area contributed by atoms with E-state index in [1.54, 1.807) is 18.1 Å². The van der Waals surface area contributed by atoms with E-state index >= 15 is 0 Å². The SMILES string of the molecule is COc1ccccc1C(=O)N(C)C1CC1. The van der Waals surface area contributed by atoms with Gasteiger partial charge in [-0.2, -0.15) is 0 Å². The normalized spacial score (nSPS) is 14.8. The van der Waals surface area contributed by atoms with Gasteiger partial charge in [-0.25, -0.2) is 0 Å². The zero-order valence-electron chi connectivity index (χ0n) is 9.06. The van der Waals surface area contributed by atoms with Crippen molar-refractivity contribution in [1.29, 1.82) is 0 Å². The molecule has 0 bridgehead atoms. The fourth-order valence-corrected chi connectivity index (χ4v) is 1.64. The highest BCUT2D eigenvalue weighted by Crippen LogP contribution is 2.28. The number of carbonyl (C=O) groups is 1. The van der Waals surface area contributed by atoms with E-state index in [9.17, 15) is 4.79 Å². The highest BCUT2D eigenvalue weighted by atomic mass is 16.5. The molecule has 0 heterocycles. The molecule has 15 heavy (non-hydrogen) atoms. The predicted molar refractivity (Wildman–Crippen MR) is 58.1 cm³/mol. The first-order valence-corrected chi connectivity index (χ1v) is 5.14. The van der Waals surface area contributed by atoms with Crippen molar-refractivity contribution in [3.8, 4) is 5.75 Å². The van der Waals surface area contributed by atoms with Crippen molar-refractivity contribution in [1.82, 2.24) is 4.90 Å². The maximum atomic E-state index is 12.1. The lowest BCUT2D eigenvalue weighted by Crippen LogP contribution is -2.29. The van der Waals surface area contributed by atoms with Crippen molar-refractivity contribution in [2.75, 3.05) is 14.2 Å².